The second-order valence-electron chi connectivity index (χ2n) is 6.53. The predicted molar refractivity (Wildman–Crippen MR) is 91.2 cm³/mol. The number of aliphatic carboxylic acids is 1. The van der Waals surface area contributed by atoms with Crippen molar-refractivity contribution in [2.75, 3.05) is 26.2 Å². The van der Waals surface area contributed by atoms with E-state index >= 15 is 0 Å². The summed E-state index contributed by atoms with van der Waals surface area (Å²) in [7, 11) is 0. The second-order valence-corrected chi connectivity index (χ2v) is 6.53. The number of carbonyl (C=O) groups is 1. The number of hydrogen-bond acceptors (Lipinski definition) is 3. The van der Waals surface area contributed by atoms with Gasteiger partial charge in [0.05, 0.1) is 18.4 Å². The fourth-order valence-corrected chi connectivity index (χ4v) is 3.44. The number of nitrogens with zero attached hydrogens (tertiary/aromatic N) is 1. The zero-order valence-corrected chi connectivity index (χ0v) is 14.1. The summed E-state index contributed by atoms with van der Waals surface area (Å²) in [5.74, 6) is -3.85. The van der Waals surface area contributed by atoms with Crippen molar-refractivity contribution in [3.05, 3.63) is 42.5 Å². The summed E-state index contributed by atoms with van der Waals surface area (Å²) in [6.07, 6.45) is -3.96. The smallest absolute Gasteiger partial charge is 0.393 e. The van der Waals surface area contributed by atoms with Gasteiger partial charge >= 0.3 is 12.1 Å². The number of hydrogen-bond donors (Lipinski definition) is 1. The molecule has 0 amide bonds. The molecule has 2 aromatic rings. The molecule has 0 aromatic heterocycles. The van der Waals surface area contributed by atoms with E-state index in [2.05, 4.69) is 0 Å². The average Bonchev–Trinajstić information content (AvgIpc) is 3.04. The number of alkyl halides is 3. The second kappa shape index (κ2) is 7.53. The van der Waals surface area contributed by atoms with Crippen molar-refractivity contribution >= 4 is 16.7 Å². The molecule has 0 spiro atoms. The van der Waals surface area contributed by atoms with Gasteiger partial charge in [-0.05, 0) is 17.9 Å². The average molecular weight is 367 g/mol. The van der Waals surface area contributed by atoms with Gasteiger partial charge in [-0.1, -0.05) is 36.4 Å². The van der Waals surface area contributed by atoms with E-state index in [1.807, 2.05) is 42.5 Å². The highest BCUT2D eigenvalue weighted by Gasteiger charge is 2.52. The predicted octanol–water partition coefficient (Wildman–Crippen LogP) is 3.80. The standard InChI is InChI=1S/C19H20F3NO3/c20-19(21,22)16-12-23(11-15(16)18(24)25)9-4-10-26-17-8-3-6-13-5-1-2-7-14(13)17/h1-3,5-8,15-16H,4,9-12H2,(H,24,25)/t15-,16-/m1/s1. The third kappa shape index (κ3) is 4.09. The molecule has 1 fully saturated rings. The number of fused-ring (bicyclic) bond motifs is 1. The molecule has 2 atom stereocenters. The lowest BCUT2D eigenvalue weighted by Crippen LogP contribution is -2.33. The van der Waals surface area contributed by atoms with Crippen LogP contribution in [0.1, 0.15) is 6.42 Å². The fraction of sp³-hybridized carbons (Fsp3) is 0.421. The van der Waals surface area contributed by atoms with Gasteiger partial charge in [-0.25, -0.2) is 0 Å². The molecule has 3 rings (SSSR count). The maximum atomic E-state index is 13.0. The highest BCUT2D eigenvalue weighted by Crippen LogP contribution is 2.37. The Morgan fingerprint density at radius 1 is 1.15 bits per heavy atom. The van der Waals surface area contributed by atoms with Crippen molar-refractivity contribution in [2.45, 2.75) is 12.6 Å². The van der Waals surface area contributed by atoms with Gasteiger partial charge in [0.1, 0.15) is 5.75 Å². The minimum absolute atomic E-state index is 0.0756. The molecule has 2 aromatic carbocycles. The molecule has 7 heteroatoms. The van der Waals surface area contributed by atoms with Crippen LogP contribution in [-0.4, -0.2) is 48.4 Å². The summed E-state index contributed by atoms with van der Waals surface area (Å²) in [5.41, 5.74) is 0. The fourth-order valence-electron chi connectivity index (χ4n) is 3.44. The van der Waals surface area contributed by atoms with Crippen molar-refractivity contribution in [3.8, 4) is 5.75 Å². The normalized spacial score (nSPS) is 21.2. The molecular formula is C19H20F3NO3. The third-order valence-corrected chi connectivity index (χ3v) is 4.76. The molecular weight excluding hydrogens is 347 g/mol. The monoisotopic (exact) mass is 367 g/mol. The van der Waals surface area contributed by atoms with E-state index in [4.69, 9.17) is 9.84 Å². The zero-order chi connectivity index (χ0) is 18.7. The molecule has 26 heavy (non-hydrogen) atoms. The SMILES string of the molecule is O=C(O)[C@@H]1CN(CCCOc2cccc3ccccc23)C[C@H]1C(F)(F)F. The lowest BCUT2D eigenvalue weighted by molar-refractivity contribution is -0.188. The molecule has 140 valence electrons. The van der Waals surface area contributed by atoms with E-state index in [9.17, 15) is 18.0 Å². The molecule has 1 N–H and O–H groups in total. The first kappa shape index (κ1) is 18.5. The van der Waals surface area contributed by atoms with Crippen LogP contribution < -0.4 is 4.74 Å². The van der Waals surface area contributed by atoms with Gasteiger partial charge in [-0.15, -0.1) is 0 Å². The highest BCUT2D eigenvalue weighted by atomic mass is 19.4. The maximum absolute atomic E-state index is 13.0. The molecule has 1 aliphatic heterocycles. The summed E-state index contributed by atoms with van der Waals surface area (Å²) in [5, 5.41) is 11.1. The lowest BCUT2D eigenvalue weighted by Gasteiger charge is -2.18. The van der Waals surface area contributed by atoms with Crippen LogP contribution in [0.15, 0.2) is 42.5 Å². The summed E-state index contributed by atoms with van der Waals surface area (Å²) < 4.78 is 44.7. The van der Waals surface area contributed by atoms with Crippen molar-refractivity contribution in [1.82, 2.24) is 4.90 Å². The number of carboxylic acid groups (broad SMARTS) is 1. The first-order valence-electron chi connectivity index (χ1n) is 8.48. The van der Waals surface area contributed by atoms with Crippen molar-refractivity contribution in [2.24, 2.45) is 11.8 Å². The van der Waals surface area contributed by atoms with Gasteiger partial charge in [-0.3, -0.25) is 4.79 Å². The first-order chi connectivity index (χ1) is 12.4. The molecule has 0 saturated carbocycles. The Morgan fingerprint density at radius 2 is 1.88 bits per heavy atom. The van der Waals surface area contributed by atoms with Crippen molar-refractivity contribution < 1.29 is 27.8 Å². The topological polar surface area (TPSA) is 49.8 Å². The lowest BCUT2D eigenvalue weighted by atomic mass is 9.96. The van der Waals surface area contributed by atoms with Gasteiger partial charge < -0.3 is 14.7 Å². The summed E-state index contributed by atoms with van der Waals surface area (Å²) >= 11 is 0. The Hall–Kier alpha value is -2.28. The molecule has 0 aliphatic carbocycles. The molecule has 0 radical (unpaired) electrons. The molecule has 4 nitrogen and oxygen atoms in total. The number of rotatable bonds is 6. The largest absolute Gasteiger partial charge is 0.493 e. The summed E-state index contributed by atoms with van der Waals surface area (Å²) in [6.45, 7) is 0.391. The van der Waals surface area contributed by atoms with E-state index in [0.717, 1.165) is 16.5 Å². The van der Waals surface area contributed by atoms with E-state index < -0.39 is 24.0 Å². The van der Waals surface area contributed by atoms with Crippen LogP contribution in [-0.2, 0) is 4.79 Å². The minimum Gasteiger partial charge on any atom is -0.493 e. The van der Waals surface area contributed by atoms with Crippen molar-refractivity contribution in [3.63, 3.8) is 0 Å². The third-order valence-electron chi connectivity index (χ3n) is 4.76. The van der Waals surface area contributed by atoms with E-state index in [-0.39, 0.29) is 13.1 Å². The Kier molecular flexibility index (Phi) is 5.36. The van der Waals surface area contributed by atoms with Crippen LogP contribution in [0.5, 0.6) is 5.75 Å². The van der Waals surface area contributed by atoms with E-state index in [0.29, 0.717) is 19.6 Å². The van der Waals surface area contributed by atoms with Crippen LogP contribution in [0.2, 0.25) is 0 Å². The first-order valence-corrected chi connectivity index (χ1v) is 8.48. The summed E-state index contributed by atoms with van der Waals surface area (Å²) in [4.78, 5) is 12.7. The van der Waals surface area contributed by atoms with Crippen LogP contribution in [0.4, 0.5) is 13.2 Å². The molecule has 1 saturated heterocycles. The number of benzene rings is 2. The number of likely N-dealkylation sites (tertiary alicyclic amines) is 1. The van der Waals surface area contributed by atoms with E-state index in [1.165, 1.54) is 0 Å². The highest BCUT2D eigenvalue weighted by molar-refractivity contribution is 5.88. The van der Waals surface area contributed by atoms with Crippen molar-refractivity contribution in [1.29, 1.82) is 0 Å². The summed E-state index contributed by atoms with van der Waals surface area (Å²) in [6, 6.07) is 13.5. The Morgan fingerprint density at radius 3 is 2.58 bits per heavy atom. The molecule has 1 aliphatic rings. The van der Waals surface area contributed by atoms with Gasteiger partial charge in [0.2, 0.25) is 0 Å². The molecule has 0 bridgehead atoms. The Labute approximate surface area is 149 Å². The Balaban J connectivity index is 1.53. The van der Waals surface area contributed by atoms with Crippen LogP contribution >= 0.6 is 0 Å². The zero-order valence-electron chi connectivity index (χ0n) is 14.1. The van der Waals surface area contributed by atoms with Gasteiger partial charge in [0, 0.05) is 25.0 Å². The maximum Gasteiger partial charge on any atom is 0.393 e. The van der Waals surface area contributed by atoms with Gasteiger partial charge in [-0.2, -0.15) is 13.2 Å². The van der Waals surface area contributed by atoms with E-state index in [1.54, 1.807) is 4.90 Å². The number of carboxylic acids is 1. The number of ether oxygens (including phenoxy) is 1. The number of halogens is 3. The quantitative estimate of drug-likeness (QED) is 0.789. The van der Waals surface area contributed by atoms with Crippen LogP contribution in [0, 0.1) is 11.8 Å². The molecule has 0 unspecified atom stereocenters. The molecule has 1 heterocycles. The van der Waals surface area contributed by atoms with Crippen LogP contribution in [0.25, 0.3) is 10.8 Å². The minimum atomic E-state index is -4.49. The van der Waals surface area contributed by atoms with Gasteiger partial charge in [0.25, 0.3) is 0 Å². The van der Waals surface area contributed by atoms with Gasteiger partial charge in [0.15, 0.2) is 0 Å². The van der Waals surface area contributed by atoms with Crippen LogP contribution in [0.3, 0.4) is 0 Å². The Bertz CT molecular complexity index is 773.